The largest absolute Gasteiger partial charge is 0.327 e. The fourth-order valence-corrected chi connectivity index (χ4v) is 5.35. The fourth-order valence-electron chi connectivity index (χ4n) is 3.09. The molecule has 1 saturated carbocycles. The van der Waals surface area contributed by atoms with Crippen LogP contribution in [0, 0.1) is 11.7 Å². The molecule has 0 spiro atoms. The number of hydrogen-bond acceptors (Lipinski definition) is 3. The van der Waals surface area contributed by atoms with Gasteiger partial charge in [0.1, 0.15) is 5.82 Å². The molecule has 1 aliphatic carbocycles. The molecule has 0 amide bonds. The predicted molar refractivity (Wildman–Crippen MR) is 82.6 cm³/mol. The number of sulfone groups is 1. The smallest absolute Gasteiger partial charge is 0.182 e. The SMILES string of the molecule is CCCC1CCC(N)C(S(=O)(=O)c2ccc(F)c(Cl)c2)C1. The van der Waals surface area contributed by atoms with Crippen molar-refractivity contribution in [2.24, 2.45) is 11.7 Å². The van der Waals surface area contributed by atoms with Crippen molar-refractivity contribution in [3.8, 4) is 0 Å². The minimum Gasteiger partial charge on any atom is -0.327 e. The van der Waals surface area contributed by atoms with E-state index in [1.807, 2.05) is 0 Å². The Kier molecular flexibility index (Phi) is 5.28. The molecule has 1 fully saturated rings. The fraction of sp³-hybridized carbons (Fsp3) is 0.600. The first kappa shape index (κ1) is 16.7. The Hall–Kier alpha value is -0.650. The maximum absolute atomic E-state index is 13.2. The van der Waals surface area contributed by atoms with Gasteiger partial charge in [-0.3, -0.25) is 0 Å². The van der Waals surface area contributed by atoms with Crippen LogP contribution in [-0.4, -0.2) is 19.7 Å². The third-order valence-corrected chi connectivity index (χ3v) is 6.81. The van der Waals surface area contributed by atoms with Crippen LogP contribution >= 0.6 is 11.6 Å². The van der Waals surface area contributed by atoms with Gasteiger partial charge >= 0.3 is 0 Å². The maximum atomic E-state index is 13.2. The molecule has 3 nitrogen and oxygen atoms in total. The van der Waals surface area contributed by atoms with Gasteiger partial charge in [-0.15, -0.1) is 0 Å². The van der Waals surface area contributed by atoms with Gasteiger partial charge in [-0.05, 0) is 43.4 Å². The van der Waals surface area contributed by atoms with Gasteiger partial charge in [-0.2, -0.15) is 0 Å². The van der Waals surface area contributed by atoms with E-state index in [2.05, 4.69) is 6.92 Å². The molecule has 2 rings (SSSR count). The molecule has 0 saturated heterocycles. The van der Waals surface area contributed by atoms with Crippen LogP contribution in [-0.2, 0) is 9.84 Å². The summed E-state index contributed by atoms with van der Waals surface area (Å²) in [5, 5.41) is -0.783. The van der Waals surface area contributed by atoms with E-state index in [1.165, 1.54) is 12.1 Å². The number of hydrogen-bond donors (Lipinski definition) is 1. The van der Waals surface area contributed by atoms with Gasteiger partial charge in [0, 0.05) is 6.04 Å². The number of rotatable bonds is 4. The van der Waals surface area contributed by atoms with Crippen molar-refractivity contribution < 1.29 is 12.8 Å². The van der Waals surface area contributed by atoms with Crippen LogP contribution in [0.3, 0.4) is 0 Å². The van der Waals surface area contributed by atoms with Crippen molar-refractivity contribution in [2.75, 3.05) is 0 Å². The summed E-state index contributed by atoms with van der Waals surface area (Å²) in [6, 6.07) is 3.18. The normalized spacial score (nSPS) is 26.8. The number of benzene rings is 1. The Morgan fingerprint density at radius 3 is 2.71 bits per heavy atom. The van der Waals surface area contributed by atoms with Gasteiger partial charge in [0.15, 0.2) is 9.84 Å². The lowest BCUT2D eigenvalue weighted by molar-refractivity contribution is 0.309. The van der Waals surface area contributed by atoms with Gasteiger partial charge in [0.25, 0.3) is 0 Å². The van der Waals surface area contributed by atoms with E-state index in [4.69, 9.17) is 17.3 Å². The van der Waals surface area contributed by atoms with Crippen LogP contribution in [0.25, 0.3) is 0 Å². The molecule has 21 heavy (non-hydrogen) atoms. The third kappa shape index (κ3) is 3.58. The Labute approximate surface area is 130 Å². The molecule has 0 heterocycles. The van der Waals surface area contributed by atoms with Crippen molar-refractivity contribution >= 4 is 21.4 Å². The van der Waals surface area contributed by atoms with Gasteiger partial charge in [-0.1, -0.05) is 31.4 Å². The second-order valence-corrected chi connectivity index (χ2v) is 8.37. The van der Waals surface area contributed by atoms with Crippen molar-refractivity contribution in [1.82, 2.24) is 0 Å². The Bertz CT molecular complexity index is 606. The lowest BCUT2D eigenvalue weighted by atomic mass is 9.83. The summed E-state index contributed by atoms with van der Waals surface area (Å²) in [5.74, 6) is -0.224. The zero-order valence-electron chi connectivity index (χ0n) is 12.1. The highest BCUT2D eigenvalue weighted by molar-refractivity contribution is 7.92. The van der Waals surface area contributed by atoms with Crippen LogP contribution in [0.5, 0.6) is 0 Å². The standard InChI is InChI=1S/C15H21ClFNO2S/c1-2-3-10-4-7-14(18)15(8-10)21(19,20)11-5-6-13(17)12(16)9-11/h5-6,9-10,14-15H,2-4,7-8,18H2,1H3. The van der Waals surface area contributed by atoms with E-state index >= 15 is 0 Å². The van der Waals surface area contributed by atoms with Crippen molar-refractivity contribution in [2.45, 2.75) is 55.2 Å². The molecule has 1 aliphatic rings. The van der Waals surface area contributed by atoms with Gasteiger partial charge in [-0.25, -0.2) is 12.8 Å². The van der Waals surface area contributed by atoms with E-state index in [9.17, 15) is 12.8 Å². The first-order valence-corrected chi connectivity index (χ1v) is 9.23. The highest BCUT2D eigenvalue weighted by atomic mass is 35.5. The second-order valence-electron chi connectivity index (χ2n) is 5.79. The monoisotopic (exact) mass is 333 g/mol. The van der Waals surface area contributed by atoms with Crippen molar-refractivity contribution in [1.29, 1.82) is 0 Å². The molecule has 0 radical (unpaired) electrons. The molecule has 1 aromatic rings. The first-order chi connectivity index (χ1) is 9.86. The molecule has 3 atom stereocenters. The predicted octanol–water partition coefficient (Wildman–Crippen LogP) is 3.55. The summed E-state index contributed by atoms with van der Waals surface area (Å²) in [4.78, 5) is 0.0616. The lowest BCUT2D eigenvalue weighted by Gasteiger charge is -2.33. The summed E-state index contributed by atoms with van der Waals surface area (Å²) < 4.78 is 38.7. The Balaban J connectivity index is 2.30. The summed E-state index contributed by atoms with van der Waals surface area (Å²) in [6.45, 7) is 2.10. The highest BCUT2D eigenvalue weighted by Crippen LogP contribution is 2.34. The zero-order valence-corrected chi connectivity index (χ0v) is 13.6. The van der Waals surface area contributed by atoms with Crippen molar-refractivity contribution in [3.05, 3.63) is 29.0 Å². The van der Waals surface area contributed by atoms with E-state index in [0.717, 1.165) is 25.3 Å². The minimum absolute atomic E-state index is 0.0616. The van der Waals surface area contributed by atoms with Gasteiger partial charge in [0.05, 0.1) is 15.2 Å². The average molecular weight is 334 g/mol. The average Bonchev–Trinajstić information content (AvgIpc) is 2.44. The number of halogens is 2. The molecule has 0 aliphatic heterocycles. The molecule has 0 bridgehead atoms. The Morgan fingerprint density at radius 2 is 2.10 bits per heavy atom. The van der Waals surface area contributed by atoms with Gasteiger partial charge in [0.2, 0.25) is 0 Å². The molecule has 1 aromatic carbocycles. The van der Waals surface area contributed by atoms with Gasteiger partial charge < -0.3 is 5.73 Å². The third-order valence-electron chi connectivity index (χ3n) is 4.27. The molecule has 3 unspecified atom stereocenters. The molecular formula is C15H21ClFNO2S. The lowest BCUT2D eigenvalue weighted by Crippen LogP contribution is -2.45. The molecule has 118 valence electrons. The topological polar surface area (TPSA) is 60.2 Å². The van der Waals surface area contributed by atoms with Crippen LogP contribution < -0.4 is 5.73 Å². The van der Waals surface area contributed by atoms with E-state index in [0.29, 0.717) is 18.8 Å². The summed E-state index contributed by atoms with van der Waals surface area (Å²) in [6.07, 6.45) is 4.32. The van der Waals surface area contributed by atoms with Crippen molar-refractivity contribution in [3.63, 3.8) is 0 Å². The highest BCUT2D eigenvalue weighted by Gasteiger charge is 2.38. The zero-order chi connectivity index (χ0) is 15.6. The van der Waals surface area contributed by atoms with Crippen LogP contribution in [0.4, 0.5) is 4.39 Å². The van der Waals surface area contributed by atoms with Crippen LogP contribution in [0.2, 0.25) is 5.02 Å². The summed E-state index contributed by atoms with van der Waals surface area (Å²) in [5.41, 5.74) is 6.04. The second kappa shape index (κ2) is 6.63. The molecular weight excluding hydrogens is 313 g/mol. The van der Waals surface area contributed by atoms with E-state index in [-0.39, 0.29) is 16.0 Å². The van der Waals surface area contributed by atoms with Crippen LogP contribution in [0.15, 0.2) is 23.1 Å². The van der Waals surface area contributed by atoms with E-state index in [1.54, 1.807) is 0 Å². The quantitative estimate of drug-likeness (QED) is 0.857. The molecule has 6 heteroatoms. The van der Waals surface area contributed by atoms with E-state index < -0.39 is 20.9 Å². The summed E-state index contributed by atoms with van der Waals surface area (Å²) in [7, 11) is -3.58. The first-order valence-electron chi connectivity index (χ1n) is 7.30. The minimum atomic E-state index is -3.58. The summed E-state index contributed by atoms with van der Waals surface area (Å²) >= 11 is 5.70. The maximum Gasteiger partial charge on any atom is 0.182 e. The number of nitrogens with two attached hydrogens (primary N) is 1. The molecule has 2 N–H and O–H groups in total. The molecule has 0 aromatic heterocycles. The Morgan fingerprint density at radius 1 is 1.38 bits per heavy atom. The van der Waals surface area contributed by atoms with Crippen LogP contribution in [0.1, 0.15) is 39.0 Å².